The van der Waals surface area contributed by atoms with E-state index < -0.39 is 44.5 Å². The molecule has 3 aromatic rings. The van der Waals surface area contributed by atoms with Crippen molar-refractivity contribution in [2.24, 2.45) is 0 Å². The third kappa shape index (κ3) is 5.61. The van der Waals surface area contributed by atoms with Crippen LogP contribution in [0.2, 0.25) is 0 Å². The first kappa shape index (κ1) is 23.4. The number of amides is 1. The lowest BCUT2D eigenvalue weighted by Crippen LogP contribution is -2.49. The number of rotatable bonds is 7. The Morgan fingerprint density at radius 1 is 1.03 bits per heavy atom. The maximum atomic E-state index is 14.2. The van der Waals surface area contributed by atoms with E-state index in [1.165, 1.54) is 24.3 Å². The van der Waals surface area contributed by atoms with E-state index in [4.69, 9.17) is 0 Å². The Kier molecular flexibility index (Phi) is 7.11. The molecule has 33 heavy (non-hydrogen) atoms. The molecule has 9 heteroatoms. The van der Waals surface area contributed by atoms with E-state index in [0.29, 0.717) is 12.0 Å². The fourth-order valence-electron chi connectivity index (χ4n) is 3.74. The van der Waals surface area contributed by atoms with Crippen LogP contribution in [0.4, 0.5) is 8.78 Å². The van der Waals surface area contributed by atoms with Gasteiger partial charge >= 0.3 is 0 Å². The van der Waals surface area contributed by atoms with Crippen LogP contribution in [0.1, 0.15) is 23.6 Å². The highest BCUT2D eigenvalue weighted by molar-refractivity contribution is 7.99. The predicted molar refractivity (Wildman–Crippen MR) is 123 cm³/mol. The topological polar surface area (TPSA) is 75.3 Å². The molecule has 0 saturated carbocycles. The smallest absolute Gasteiger partial charge is 0.244 e. The number of nitrogens with one attached hydrogen (secondary N) is 2. The van der Waals surface area contributed by atoms with Crippen LogP contribution in [0.3, 0.4) is 0 Å². The minimum atomic E-state index is -4.31. The summed E-state index contributed by atoms with van der Waals surface area (Å²) in [6.45, 7) is 0. The molecule has 1 amide bonds. The lowest BCUT2D eigenvalue weighted by molar-refractivity contribution is -0.123. The first-order valence-corrected chi connectivity index (χ1v) is 12.8. The van der Waals surface area contributed by atoms with Gasteiger partial charge in [-0.1, -0.05) is 42.5 Å². The number of hydrogen-bond acceptors (Lipinski definition) is 4. The van der Waals surface area contributed by atoms with E-state index in [2.05, 4.69) is 10.0 Å². The van der Waals surface area contributed by atoms with Gasteiger partial charge in [-0.05, 0) is 54.3 Å². The Hall–Kier alpha value is -2.75. The Labute approximate surface area is 195 Å². The summed E-state index contributed by atoms with van der Waals surface area (Å²) in [5.74, 6) is -1.14. The molecular weight excluding hydrogens is 466 g/mol. The molecule has 0 fully saturated rings. The van der Waals surface area contributed by atoms with Gasteiger partial charge in [0.15, 0.2) is 0 Å². The van der Waals surface area contributed by atoms with Crippen LogP contribution in [-0.2, 0) is 21.2 Å². The number of thioether (sulfide) groups is 1. The summed E-state index contributed by atoms with van der Waals surface area (Å²) in [6.07, 6.45) is 0.642. The second kappa shape index (κ2) is 10.0. The summed E-state index contributed by atoms with van der Waals surface area (Å²) < 4.78 is 56.2. The van der Waals surface area contributed by atoms with E-state index in [1.54, 1.807) is 42.1 Å². The molecule has 0 aliphatic carbocycles. The van der Waals surface area contributed by atoms with Gasteiger partial charge in [0, 0.05) is 10.6 Å². The fourth-order valence-corrected chi connectivity index (χ4v) is 6.12. The summed E-state index contributed by atoms with van der Waals surface area (Å²) in [7, 11) is -4.31. The van der Waals surface area contributed by atoms with E-state index in [9.17, 15) is 22.0 Å². The van der Waals surface area contributed by atoms with Gasteiger partial charge in [0.1, 0.15) is 22.6 Å². The molecule has 4 rings (SSSR count). The van der Waals surface area contributed by atoms with Crippen LogP contribution in [0.15, 0.2) is 82.6 Å². The Morgan fingerprint density at radius 3 is 2.52 bits per heavy atom. The Morgan fingerprint density at radius 2 is 1.76 bits per heavy atom. The van der Waals surface area contributed by atoms with Crippen molar-refractivity contribution in [1.29, 1.82) is 0 Å². The number of hydrogen-bond donors (Lipinski definition) is 2. The maximum Gasteiger partial charge on any atom is 0.244 e. The molecule has 2 N–H and O–H groups in total. The van der Waals surface area contributed by atoms with Crippen LogP contribution in [0, 0.1) is 11.6 Å². The van der Waals surface area contributed by atoms with Crippen molar-refractivity contribution >= 4 is 27.7 Å². The van der Waals surface area contributed by atoms with E-state index in [1.807, 2.05) is 6.07 Å². The quantitative estimate of drug-likeness (QED) is 0.523. The molecular formula is C24H22F2N2O3S2. The van der Waals surface area contributed by atoms with Crippen molar-refractivity contribution in [3.8, 4) is 0 Å². The fraction of sp³-hybridized carbons (Fsp3) is 0.208. The Balaban J connectivity index is 1.61. The summed E-state index contributed by atoms with van der Waals surface area (Å²) in [5.41, 5.74) is 1.40. The molecule has 0 saturated heterocycles. The number of carbonyl (C=O) groups is 1. The molecule has 1 heterocycles. The summed E-state index contributed by atoms with van der Waals surface area (Å²) in [4.78, 5) is 13.6. The Bertz CT molecular complexity index is 1250. The number of benzene rings is 3. The lowest BCUT2D eigenvalue weighted by atomic mass is 10.0. The van der Waals surface area contributed by atoms with Gasteiger partial charge in [-0.3, -0.25) is 4.79 Å². The minimum absolute atomic E-state index is 0.0673. The van der Waals surface area contributed by atoms with E-state index in [0.717, 1.165) is 28.3 Å². The van der Waals surface area contributed by atoms with Crippen LogP contribution >= 0.6 is 11.8 Å². The molecule has 1 unspecified atom stereocenters. The molecule has 0 spiro atoms. The zero-order valence-electron chi connectivity index (χ0n) is 17.5. The zero-order chi connectivity index (χ0) is 23.4. The molecule has 3 aromatic carbocycles. The molecule has 0 bridgehead atoms. The third-order valence-corrected chi connectivity index (χ3v) is 7.98. The largest absolute Gasteiger partial charge is 0.348 e. The molecule has 1 aliphatic rings. The van der Waals surface area contributed by atoms with Gasteiger partial charge < -0.3 is 5.32 Å². The summed E-state index contributed by atoms with van der Waals surface area (Å²) in [5, 5.41) is 2.87. The van der Waals surface area contributed by atoms with Gasteiger partial charge in [0.05, 0.1) is 6.04 Å². The van der Waals surface area contributed by atoms with Crippen molar-refractivity contribution in [1.82, 2.24) is 10.0 Å². The molecule has 0 radical (unpaired) electrons. The third-order valence-electron chi connectivity index (χ3n) is 5.35. The maximum absolute atomic E-state index is 14.2. The van der Waals surface area contributed by atoms with Crippen molar-refractivity contribution in [2.75, 3.05) is 5.75 Å². The van der Waals surface area contributed by atoms with Crippen molar-refractivity contribution in [2.45, 2.75) is 34.7 Å². The number of sulfonamides is 1. The molecule has 5 nitrogen and oxygen atoms in total. The van der Waals surface area contributed by atoms with Crippen molar-refractivity contribution in [3.63, 3.8) is 0 Å². The van der Waals surface area contributed by atoms with E-state index >= 15 is 0 Å². The minimum Gasteiger partial charge on any atom is -0.348 e. The second-order valence-electron chi connectivity index (χ2n) is 7.67. The highest BCUT2D eigenvalue weighted by Crippen LogP contribution is 2.36. The summed E-state index contributed by atoms with van der Waals surface area (Å²) >= 11 is 1.58. The normalized spacial score (nSPS) is 16.6. The standard InChI is InChI=1S/C24H22F2N2O3S2/c25-17-10-11-22-18(15-17)20(12-13-32-22)27-24(29)21(14-16-6-2-1-3-7-16)28-33(30,31)23-9-5-4-8-19(23)26/h1-11,15,20-21,28H,12-14H2,(H,27,29)/t20?,21-/m0/s1. The second-order valence-corrected chi connectivity index (χ2v) is 10.5. The van der Waals surface area contributed by atoms with Crippen molar-refractivity contribution < 1.29 is 22.0 Å². The predicted octanol–water partition coefficient (Wildman–Crippen LogP) is 4.21. The average molecular weight is 489 g/mol. The van der Waals surface area contributed by atoms with Crippen molar-refractivity contribution in [3.05, 3.63) is 95.6 Å². The number of fused-ring (bicyclic) bond motifs is 1. The van der Waals surface area contributed by atoms with Crippen LogP contribution in [0.5, 0.6) is 0 Å². The van der Waals surface area contributed by atoms with Crippen LogP contribution < -0.4 is 10.0 Å². The first-order chi connectivity index (χ1) is 15.8. The first-order valence-electron chi connectivity index (χ1n) is 10.4. The van der Waals surface area contributed by atoms with Gasteiger partial charge in [-0.15, -0.1) is 11.8 Å². The van der Waals surface area contributed by atoms with Gasteiger partial charge in [-0.2, -0.15) is 4.72 Å². The van der Waals surface area contributed by atoms with Crippen LogP contribution in [-0.4, -0.2) is 26.1 Å². The van der Waals surface area contributed by atoms with Gasteiger partial charge in [-0.25, -0.2) is 17.2 Å². The van der Waals surface area contributed by atoms with Crippen LogP contribution in [0.25, 0.3) is 0 Å². The molecule has 2 atom stereocenters. The van der Waals surface area contributed by atoms with Gasteiger partial charge in [0.25, 0.3) is 0 Å². The zero-order valence-corrected chi connectivity index (χ0v) is 19.1. The van der Waals surface area contributed by atoms with E-state index in [-0.39, 0.29) is 6.42 Å². The lowest BCUT2D eigenvalue weighted by Gasteiger charge is -2.28. The average Bonchev–Trinajstić information content (AvgIpc) is 2.80. The highest BCUT2D eigenvalue weighted by Gasteiger charge is 2.31. The number of halogens is 2. The SMILES string of the molecule is O=C(NC1CCSc2ccc(F)cc21)[C@H](Cc1ccccc1)NS(=O)(=O)c1ccccc1F. The molecule has 172 valence electrons. The molecule has 1 aliphatic heterocycles. The molecule has 0 aromatic heterocycles. The highest BCUT2D eigenvalue weighted by atomic mass is 32.2. The summed E-state index contributed by atoms with van der Waals surface area (Å²) in [6, 6.07) is 16.7. The number of carbonyl (C=O) groups excluding carboxylic acids is 1. The monoisotopic (exact) mass is 488 g/mol. The van der Waals surface area contributed by atoms with Gasteiger partial charge in [0.2, 0.25) is 15.9 Å².